The average molecular weight is 712 g/mol. The van der Waals surface area contributed by atoms with E-state index in [0.29, 0.717) is 11.3 Å². The fraction of sp³-hybridized carbons (Fsp3) is 0.235. The molecule has 2 saturated carbocycles. The molecule has 2 aromatic carbocycles. The van der Waals surface area contributed by atoms with Crippen LogP contribution in [0.2, 0.25) is 0 Å². The molecule has 7 rings (SSSR count). The standard InChI is InChI=1S/C34H31F2N11O5/c35-15-19-13-18(3-5-22(19)36)27-28(34(27,46-11-8-25(38)43-32(46)51)47-12-9-26(39)44-33(47)52)30(49)41-21-4-6-23(45-10-7-24(37)42-31(45)50)20(14-21)16-40-29(48)17-1-2-17/h3-14,17,27-28H,1-2,15-16H2,(H,40,48)(H,41,49)(H2,37,42,50)(H2,38,43,51)(H2,39,44,52). The molecule has 0 bridgehead atoms. The maximum Gasteiger partial charge on any atom is 0.354 e. The second-order valence-electron chi connectivity index (χ2n) is 12.6. The molecule has 18 heteroatoms. The van der Waals surface area contributed by atoms with E-state index in [0.717, 1.165) is 28.0 Å². The molecule has 5 aromatic rings. The first-order valence-electron chi connectivity index (χ1n) is 16.0. The summed E-state index contributed by atoms with van der Waals surface area (Å²) in [5.74, 6) is -4.42. The van der Waals surface area contributed by atoms with Gasteiger partial charge in [-0.1, -0.05) is 6.07 Å². The Labute approximate surface area is 292 Å². The molecule has 2 aliphatic rings. The molecule has 0 radical (unpaired) electrons. The minimum Gasteiger partial charge on any atom is -0.383 e. The average Bonchev–Trinajstić information content (AvgIpc) is 4.03. The Morgan fingerprint density at radius 1 is 0.788 bits per heavy atom. The lowest BCUT2D eigenvalue weighted by molar-refractivity contribution is -0.122. The number of hydrogen-bond donors (Lipinski definition) is 5. The van der Waals surface area contributed by atoms with Gasteiger partial charge in [0.05, 0.1) is 11.6 Å². The number of nitrogens with zero attached hydrogens (tertiary/aromatic N) is 6. The molecular formula is C34H31F2N11O5. The van der Waals surface area contributed by atoms with Crippen molar-refractivity contribution in [2.24, 2.45) is 11.8 Å². The summed E-state index contributed by atoms with van der Waals surface area (Å²) >= 11 is 0. The van der Waals surface area contributed by atoms with E-state index in [9.17, 15) is 32.8 Å². The first-order chi connectivity index (χ1) is 24.9. The number of carbonyl (C=O) groups excluding carboxylic acids is 2. The molecule has 0 saturated heterocycles. The summed E-state index contributed by atoms with van der Waals surface area (Å²) in [6.07, 6.45) is 5.49. The van der Waals surface area contributed by atoms with Crippen LogP contribution in [0.3, 0.4) is 0 Å². The van der Waals surface area contributed by atoms with Crippen molar-refractivity contribution in [1.82, 2.24) is 34.0 Å². The van der Waals surface area contributed by atoms with Gasteiger partial charge in [-0.15, -0.1) is 0 Å². The number of anilines is 4. The number of nitrogens with two attached hydrogens (primary N) is 3. The number of nitrogens with one attached hydrogen (secondary N) is 2. The van der Waals surface area contributed by atoms with Gasteiger partial charge in [0.2, 0.25) is 11.8 Å². The highest BCUT2D eigenvalue weighted by atomic mass is 19.1. The Hall–Kier alpha value is -6.72. The number of alkyl halides is 1. The summed E-state index contributed by atoms with van der Waals surface area (Å²) in [6, 6.07) is 12.2. The molecule has 0 spiro atoms. The van der Waals surface area contributed by atoms with Crippen LogP contribution >= 0.6 is 0 Å². The van der Waals surface area contributed by atoms with Gasteiger partial charge in [-0.2, -0.15) is 15.0 Å². The smallest absolute Gasteiger partial charge is 0.354 e. The van der Waals surface area contributed by atoms with E-state index in [1.807, 2.05) is 0 Å². The van der Waals surface area contributed by atoms with Crippen LogP contribution in [0.5, 0.6) is 0 Å². The summed E-state index contributed by atoms with van der Waals surface area (Å²) in [7, 11) is 0. The minimum atomic E-state index is -1.88. The third kappa shape index (κ3) is 5.92. The number of aromatic nitrogens is 6. The van der Waals surface area contributed by atoms with Crippen LogP contribution in [0.15, 0.2) is 87.6 Å². The number of hydrogen-bond acceptors (Lipinski definition) is 11. The molecular weight excluding hydrogens is 680 g/mol. The highest BCUT2D eigenvalue weighted by Gasteiger charge is 2.73. The zero-order chi connectivity index (χ0) is 36.9. The molecule has 3 heterocycles. The zero-order valence-electron chi connectivity index (χ0n) is 27.2. The Kier molecular flexibility index (Phi) is 8.36. The summed E-state index contributed by atoms with van der Waals surface area (Å²) in [4.78, 5) is 78.2. The van der Waals surface area contributed by atoms with Gasteiger partial charge in [-0.05, 0) is 72.5 Å². The SMILES string of the molecule is Nc1ccn(-c2ccc(NC(=O)C3C(c4ccc(F)c(CF)c4)C3(n3ccc(N)nc3=O)n3ccc(N)nc3=O)cc2CNC(=O)C2CC2)c(=O)n1. The maximum absolute atomic E-state index is 14.5. The van der Waals surface area contributed by atoms with Crippen molar-refractivity contribution in [3.05, 3.63) is 127 Å². The van der Waals surface area contributed by atoms with Gasteiger partial charge >= 0.3 is 17.1 Å². The molecule has 2 amide bonds. The lowest BCUT2D eigenvalue weighted by Crippen LogP contribution is -2.46. The van der Waals surface area contributed by atoms with Crippen LogP contribution in [-0.4, -0.2) is 40.5 Å². The normalized spacial score (nSPS) is 17.3. The van der Waals surface area contributed by atoms with Gasteiger partial charge in [0, 0.05) is 48.2 Å². The first-order valence-corrected chi connectivity index (χ1v) is 16.0. The number of nitrogen functional groups attached to an aromatic ring is 3. The van der Waals surface area contributed by atoms with Crippen LogP contribution in [0.1, 0.15) is 35.4 Å². The van der Waals surface area contributed by atoms with E-state index < -0.39 is 53.0 Å². The van der Waals surface area contributed by atoms with Crippen LogP contribution in [-0.2, 0) is 28.5 Å². The zero-order valence-corrected chi connectivity index (χ0v) is 27.2. The Morgan fingerprint density at radius 3 is 1.98 bits per heavy atom. The van der Waals surface area contributed by atoms with Crippen molar-refractivity contribution in [2.75, 3.05) is 22.5 Å². The molecule has 8 N–H and O–H groups in total. The predicted molar refractivity (Wildman–Crippen MR) is 184 cm³/mol. The Morgan fingerprint density at radius 2 is 1.40 bits per heavy atom. The van der Waals surface area contributed by atoms with E-state index >= 15 is 0 Å². The van der Waals surface area contributed by atoms with Gasteiger partial charge in [0.25, 0.3) is 0 Å². The van der Waals surface area contributed by atoms with Gasteiger partial charge in [-0.3, -0.25) is 23.3 Å². The van der Waals surface area contributed by atoms with E-state index in [1.165, 1.54) is 59.6 Å². The quantitative estimate of drug-likeness (QED) is 0.137. The van der Waals surface area contributed by atoms with Gasteiger partial charge in [0.1, 0.15) is 35.6 Å². The summed E-state index contributed by atoms with van der Waals surface area (Å²) in [6.45, 7) is -1.18. The number of amides is 2. The van der Waals surface area contributed by atoms with Crippen molar-refractivity contribution in [3.8, 4) is 5.69 Å². The van der Waals surface area contributed by atoms with Gasteiger partial charge in [-0.25, -0.2) is 23.2 Å². The predicted octanol–water partition coefficient (Wildman–Crippen LogP) is 0.981. The minimum absolute atomic E-state index is 0.0121. The van der Waals surface area contributed by atoms with E-state index in [2.05, 4.69) is 25.6 Å². The monoisotopic (exact) mass is 711 g/mol. The van der Waals surface area contributed by atoms with E-state index in [-0.39, 0.29) is 52.6 Å². The molecule has 3 aromatic heterocycles. The lowest BCUT2D eigenvalue weighted by atomic mass is 10.0. The van der Waals surface area contributed by atoms with Crippen LogP contribution in [0.25, 0.3) is 5.69 Å². The number of benzene rings is 2. The van der Waals surface area contributed by atoms with Crippen molar-refractivity contribution in [3.63, 3.8) is 0 Å². The van der Waals surface area contributed by atoms with Gasteiger partial charge < -0.3 is 27.8 Å². The topological polar surface area (TPSA) is 241 Å². The molecule has 2 atom stereocenters. The summed E-state index contributed by atoms with van der Waals surface area (Å²) < 4.78 is 31.8. The fourth-order valence-corrected chi connectivity index (χ4v) is 6.66. The second-order valence-corrected chi connectivity index (χ2v) is 12.6. The van der Waals surface area contributed by atoms with Crippen molar-refractivity contribution < 1.29 is 18.4 Å². The fourth-order valence-electron chi connectivity index (χ4n) is 6.66. The van der Waals surface area contributed by atoms with Gasteiger partial charge in [0.15, 0.2) is 0 Å². The van der Waals surface area contributed by atoms with Crippen LogP contribution < -0.4 is 44.9 Å². The van der Waals surface area contributed by atoms with Crippen molar-refractivity contribution >= 4 is 35.0 Å². The summed E-state index contributed by atoms with van der Waals surface area (Å²) in [5, 5.41) is 5.68. The highest BCUT2D eigenvalue weighted by molar-refractivity contribution is 5.97. The van der Waals surface area contributed by atoms with Crippen LogP contribution in [0.4, 0.5) is 31.9 Å². The highest BCUT2D eigenvalue weighted by Crippen LogP contribution is 2.63. The lowest BCUT2D eigenvalue weighted by Gasteiger charge is -2.24. The molecule has 2 fully saturated rings. The Balaban J connectivity index is 1.35. The Bertz CT molecular complexity index is 2380. The molecule has 52 heavy (non-hydrogen) atoms. The maximum atomic E-state index is 14.5. The number of carbonyl (C=O) groups is 2. The number of halogens is 2. The van der Waals surface area contributed by atoms with Crippen molar-refractivity contribution in [1.29, 1.82) is 0 Å². The largest absolute Gasteiger partial charge is 0.383 e. The van der Waals surface area contributed by atoms with E-state index in [4.69, 9.17) is 17.2 Å². The molecule has 0 aliphatic heterocycles. The van der Waals surface area contributed by atoms with Crippen LogP contribution in [0, 0.1) is 17.7 Å². The molecule has 266 valence electrons. The number of rotatable bonds is 10. The first kappa shape index (κ1) is 33.8. The third-order valence-electron chi connectivity index (χ3n) is 9.25. The molecule has 16 nitrogen and oxygen atoms in total. The van der Waals surface area contributed by atoms with Crippen molar-refractivity contribution in [2.45, 2.75) is 37.6 Å². The van der Waals surface area contributed by atoms with E-state index in [1.54, 1.807) is 12.1 Å². The molecule has 2 unspecified atom stereocenters. The second kappa shape index (κ2) is 12.9. The third-order valence-corrected chi connectivity index (χ3v) is 9.25. The molecule has 2 aliphatic carbocycles. The summed E-state index contributed by atoms with van der Waals surface area (Å²) in [5.41, 5.74) is 13.8.